The van der Waals surface area contributed by atoms with Gasteiger partial charge < -0.3 is 14.2 Å². The van der Waals surface area contributed by atoms with Gasteiger partial charge in [0.25, 0.3) is 0 Å². The highest BCUT2D eigenvalue weighted by Gasteiger charge is 2.19. The van der Waals surface area contributed by atoms with Gasteiger partial charge in [-0.05, 0) is 122 Å². The number of ether oxygens (including phenoxy) is 3. The van der Waals surface area contributed by atoms with E-state index >= 15 is 0 Å². The summed E-state index contributed by atoms with van der Waals surface area (Å²) in [5.74, 6) is -0.895. The monoisotopic (exact) mass is 1160 g/mol. The summed E-state index contributed by atoms with van der Waals surface area (Å²) in [6.45, 7) is 6.51. The summed E-state index contributed by atoms with van der Waals surface area (Å²) in [5, 5.41) is 0. The molecule has 0 bridgehead atoms. The van der Waals surface area contributed by atoms with E-state index in [1.165, 1.54) is 193 Å². The number of carbonyl (C=O) groups excluding carboxylic acids is 3. The molecule has 0 aromatic carbocycles. The van der Waals surface area contributed by atoms with Crippen molar-refractivity contribution in [3.05, 3.63) is 97.2 Å². The van der Waals surface area contributed by atoms with Crippen LogP contribution in [0.3, 0.4) is 0 Å². The number of esters is 3. The Morgan fingerprint density at radius 2 is 0.470 bits per heavy atom. The first-order valence-corrected chi connectivity index (χ1v) is 35.7. The lowest BCUT2D eigenvalue weighted by Crippen LogP contribution is -2.30. The Hall–Kier alpha value is -3.67. The van der Waals surface area contributed by atoms with Gasteiger partial charge in [0.15, 0.2) is 6.10 Å². The van der Waals surface area contributed by atoms with E-state index in [-0.39, 0.29) is 31.1 Å². The molecule has 1 atom stereocenters. The summed E-state index contributed by atoms with van der Waals surface area (Å²) in [4.78, 5) is 38.4. The standard InChI is InChI=1S/C77H134O6/c1-4-7-10-13-16-19-22-25-28-30-31-32-33-34-35-36-37-38-39-40-41-42-43-44-45-47-49-52-55-58-61-64-67-70-76(79)82-73-74(72-81-75(78)69-66-63-60-57-54-51-48-27-24-21-18-15-12-9-6-3)83-77(80)71-68-65-62-59-56-53-50-46-29-26-23-20-17-14-11-8-5-2/h9,12,17-18,20-22,25-27,29-31,33-34,48,74H,4-8,10-11,13-16,19,23-24,28,32,35-47,49-73H2,1-3H3/b12-9-,20-17-,21-18-,25-22-,29-26-,31-30-,34-33-,48-27-. The Balaban J connectivity index is 4.20. The van der Waals surface area contributed by atoms with Crippen LogP contribution in [-0.2, 0) is 28.6 Å². The second-order valence-electron chi connectivity index (χ2n) is 23.8. The predicted molar refractivity (Wildman–Crippen MR) is 362 cm³/mol. The summed E-state index contributed by atoms with van der Waals surface area (Å²) in [6, 6.07) is 0. The normalized spacial score (nSPS) is 12.7. The largest absolute Gasteiger partial charge is 0.462 e. The average Bonchev–Trinajstić information content (AvgIpc) is 3.49. The molecule has 0 saturated heterocycles. The first kappa shape index (κ1) is 79.3. The van der Waals surface area contributed by atoms with Crippen LogP contribution in [0.5, 0.6) is 0 Å². The summed E-state index contributed by atoms with van der Waals surface area (Å²) < 4.78 is 17.0. The summed E-state index contributed by atoms with van der Waals surface area (Å²) in [7, 11) is 0. The molecule has 6 nitrogen and oxygen atoms in total. The molecule has 0 spiro atoms. The molecule has 0 amide bonds. The van der Waals surface area contributed by atoms with Gasteiger partial charge in [0.2, 0.25) is 0 Å². The Labute approximate surface area is 515 Å². The third-order valence-corrected chi connectivity index (χ3v) is 15.5. The molecule has 478 valence electrons. The first-order valence-electron chi connectivity index (χ1n) is 35.7. The lowest BCUT2D eigenvalue weighted by Gasteiger charge is -2.18. The fourth-order valence-electron chi connectivity index (χ4n) is 10.2. The van der Waals surface area contributed by atoms with Crippen LogP contribution in [0, 0.1) is 0 Å². The van der Waals surface area contributed by atoms with E-state index < -0.39 is 6.10 Å². The maximum Gasteiger partial charge on any atom is 0.306 e. The molecular formula is C77H134O6. The fraction of sp³-hybridized carbons (Fsp3) is 0.753. The van der Waals surface area contributed by atoms with E-state index in [0.29, 0.717) is 19.3 Å². The Kier molecular flexibility index (Phi) is 67.7. The number of unbranched alkanes of at least 4 members (excludes halogenated alkanes) is 38. The highest BCUT2D eigenvalue weighted by molar-refractivity contribution is 5.71. The molecular weight excluding hydrogens is 1020 g/mol. The molecule has 0 aliphatic heterocycles. The van der Waals surface area contributed by atoms with Crippen molar-refractivity contribution < 1.29 is 28.6 Å². The van der Waals surface area contributed by atoms with Crippen LogP contribution >= 0.6 is 0 Å². The van der Waals surface area contributed by atoms with E-state index in [9.17, 15) is 14.4 Å². The number of allylic oxidation sites excluding steroid dienone is 16. The van der Waals surface area contributed by atoms with Crippen LogP contribution in [0.2, 0.25) is 0 Å². The molecule has 0 N–H and O–H groups in total. The minimum absolute atomic E-state index is 0.0840. The highest BCUT2D eigenvalue weighted by atomic mass is 16.6. The lowest BCUT2D eigenvalue weighted by atomic mass is 10.0. The second kappa shape index (κ2) is 70.8. The van der Waals surface area contributed by atoms with Gasteiger partial charge in [-0.1, -0.05) is 311 Å². The molecule has 6 heteroatoms. The molecule has 0 aliphatic rings. The van der Waals surface area contributed by atoms with Gasteiger partial charge in [-0.25, -0.2) is 0 Å². The molecule has 83 heavy (non-hydrogen) atoms. The second-order valence-corrected chi connectivity index (χ2v) is 23.8. The topological polar surface area (TPSA) is 78.9 Å². The van der Waals surface area contributed by atoms with E-state index in [1.807, 2.05) is 0 Å². The molecule has 0 heterocycles. The van der Waals surface area contributed by atoms with Crippen LogP contribution in [0.4, 0.5) is 0 Å². The van der Waals surface area contributed by atoms with Gasteiger partial charge in [-0.15, -0.1) is 0 Å². The molecule has 0 aromatic rings. The Bertz CT molecular complexity index is 1610. The Morgan fingerprint density at radius 1 is 0.253 bits per heavy atom. The van der Waals surface area contributed by atoms with Crippen molar-refractivity contribution in [3.8, 4) is 0 Å². The van der Waals surface area contributed by atoms with E-state index in [1.54, 1.807) is 0 Å². The van der Waals surface area contributed by atoms with Crippen molar-refractivity contribution in [2.24, 2.45) is 0 Å². The van der Waals surface area contributed by atoms with Gasteiger partial charge in [0.05, 0.1) is 0 Å². The van der Waals surface area contributed by atoms with Crippen molar-refractivity contribution in [1.29, 1.82) is 0 Å². The van der Waals surface area contributed by atoms with Crippen LogP contribution in [0.15, 0.2) is 97.2 Å². The van der Waals surface area contributed by atoms with Crippen LogP contribution in [0.25, 0.3) is 0 Å². The minimum Gasteiger partial charge on any atom is -0.462 e. The van der Waals surface area contributed by atoms with Crippen molar-refractivity contribution in [1.82, 2.24) is 0 Å². The zero-order valence-electron chi connectivity index (χ0n) is 54.9. The molecule has 1 unspecified atom stereocenters. The molecule has 0 aliphatic carbocycles. The third kappa shape index (κ3) is 69.0. The van der Waals surface area contributed by atoms with Crippen molar-refractivity contribution in [3.63, 3.8) is 0 Å². The summed E-state index contributed by atoms with van der Waals surface area (Å²) >= 11 is 0. The maximum absolute atomic E-state index is 12.9. The van der Waals surface area contributed by atoms with Crippen molar-refractivity contribution in [2.75, 3.05) is 13.2 Å². The van der Waals surface area contributed by atoms with Gasteiger partial charge in [-0.2, -0.15) is 0 Å². The average molecular weight is 1160 g/mol. The summed E-state index contributed by atoms with van der Waals surface area (Å²) in [6.07, 6.45) is 95.9. The van der Waals surface area contributed by atoms with Crippen LogP contribution in [-0.4, -0.2) is 37.2 Å². The van der Waals surface area contributed by atoms with Crippen LogP contribution in [0.1, 0.15) is 355 Å². The van der Waals surface area contributed by atoms with Crippen molar-refractivity contribution in [2.45, 2.75) is 361 Å². The zero-order valence-corrected chi connectivity index (χ0v) is 54.9. The van der Waals surface area contributed by atoms with E-state index in [0.717, 1.165) is 122 Å². The molecule has 0 saturated carbocycles. The number of rotatable bonds is 65. The SMILES string of the molecule is CC/C=C\C/C=C\C/C=C\CCCCCCCC(=O)OCC(COC(=O)CCCCCCCCCCCCCCCCCCCC/C=C\C/C=C\C/C=C\CCCCCCC)OC(=O)CCCCCCCCC/C=C\C/C=C\CCCCC. The Morgan fingerprint density at radius 3 is 0.759 bits per heavy atom. The molecule has 0 aromatic heterocycles. The number of hydrogen-bond donors (Lipinski definition) is 0. The molecule has 0 radical (unpaired) electrons. The quantitative estimate of drug-likeness (QED) is 0.0261. The predicted octanol–water partition coefficient (Wildman–Crippen LogP) is 24.8. The van der Waals surface area contributed by atoms with E-state index in [4.69, 9.17) is 14.2 Å². The van der Waals surface area contributed by atoms with Gasteiger partial charge >= 0.3 is 17.9 Å². The fourth-order valence-corrected chi connectivity index (χ4v) is 10.2. The molecule has 0 fully saturated rings. The van der Waals surface area contributed by atoms with Gasteiger partial charge in [0, 0.05) is 19.3 Å². The molecule has 0 rings (SSSR count). The smallest absolute Gasteiger partial charge is 0.306 e. The lowest BCUT2D eigenvalue weighted by molar-refractivity contribution is -0.167. The highest BCUT2D eigenvalue weighted by Crippen LogP contribution is 2.17. The minimum atomic E-state index is -0.790. The first-order chi connectivity index (χ1) is 41.0. The van der Waals surface area contributed by atoms with Gasteiger partial charge in [-0.3, -0.25) is 14.4 Å². The third-order valence-electron chi connectivity index (χ3n) is 15.5. The number of hydrogen-bond acceptors (Lipinski definition) is 6. The zero-order chi connectivity index (χ0) is 59.9. The van der Waals surface area contributed by atoms with Crippen molar-refractivity contribution >= 4 is 17.9 Å². The summed E-state index contributed by atoms with van der Waals surface area (Å²) in [5.41, 5.74) is 0. The maximum atomic E-state index is 12.9. The van der Waals surface area contributed by atoms with E-state index in [2.05, 4.69) is 118 Å². The van der Waals surface area contributed by atoms with Crippen LogP contribution < -0.4 is 0 Å². The van der Waals surface area contributed by atoms with Gasteiger partial charge in [0.1, 0.15) is 13.2 Å². The number of carbonyl (C=O) groups is 3.